The maximum absolute atomic E-state index is 11.9. The topological polar surface area (TPSA) is 83.7 Å². The van der Waals surface area contributed by atoms with E-state index in [0.717, 1.165) is 9.80 Å². The minimum atomic E-state index is -0.933. The molecule has 6 nitrogen and oxygen atoms in total. The molecule has 90 valence electrons. The van der Waals surface area contributed by atoms with Crippen LogP contribution in [0.1, 0.15) is 12.8 Å². The van der Waals surface area contributed by atoms with Crippen LogP contribution in [0, 0.1) is 5.41 Å². The molecular formula is C9H14ClN3O3. The molecule has 0 bridgehead atoms. The Labute approximate surface area is 99.1 Å². The van der Waals surface area contributed by atoms with Crippen molar-refractivity contribution in [1.29, 1.82) is 0 Å². The van der Waals surface area contributed by atoms with Gasteiger partial charge in [0.05, 0.1) is 0 Å². The molecule has 7 heteroatoms. The van der Waals surface area contributed by atoms with Crippen LogP contribution in [0.5, 0.6) is 0 Å². The molecule has 1 saturated heterocycles. The van der Waals surface area contributed by atoms with Gasteiger partial charge in [0.25, 0.3) is 0 Å². The quantitative estimate of drug-likeness (QED) is 0.671. The molecule has 2 N–H and O–H groups in total. The first-order valence-corrected chi connectivity index (χ1v) is 4.89. The maximum Gasteiger partial charge on any atom is 0.333 e. The Bertz CT molecular complexity index is 354. The van der Waals surface area contributed by atoms with E-state index in [0.29, 0.717) is 12.8 Å². The molecule has 1 saturated carbocycles. The fourth-order valence-corrected chi connectivity index (χ4v) is 1.90. The average molecular weight is 248 g/mol. The molecule has 0 aromatic rings. The van der Waals surface area contributed by atoms with Crippen molar-refractivity contribution in [3.8, 4) is 0 Å². The highest BCUT2D eigenvalue weighted by atomic mass is 35.5. The maximum atomic E-state index is 11.9. The zero-order valence-corrected chi connectivity index (χ0v) is 9.75. The number of amides is 4. The van der Waals surface area contributed by atoms with Gasteiger partial charge in [0.2, 0.25) is 11.8 Å². The summed E-state index contributed by atoms with van der Waals surface area (Å²) < 4.78 is 0. The van der Waals surface area contributed by atoms with Crippen molar-refractivity contribution in [2.45, 2.75) is 12.8 Å². The van der Waals surface area contributed by atoms with E-state index in [1.165, 1.54) is 7.05 Å². The monoisotopic (exact) mass is 247 g/mol. The summed E-state index contributed by atoms with van der Waals surface area (Å²) in [6, 6.07) is -0.562. The summed E-state index contributed by atoms with van der Waals surface area (Å²) in [7, 11) is 1.40. The summed E-state index contributed by atoms with van der Waals surface area (Å²) in [6.45, 7) is 0.395. The molecule has 2 aliphatic rings. The van der Waals surface area contributed by atoms with Crippen LogP contribution in [-0.4, -0.2) is 47.8 Å². The number of barbiturate groups is 1. The number of imide groups is 2. The Kier molecular flexibility index (Phi) is 3.25. The van der Waals surface area contributed by atoms with Crippen LogP contribution in [0.15, 0.2) is 0 Å². The smallest absolute Gasteiger partial charge is 0.329 e. The van der Waals surface area contributed by atoms with Crippen molar-refractivity contribution in [2.24, 2.45) is 11.1 Å². The third-order valence-electron chi connectivity index (χ3n) is 2.99. The van der Waals surface area contributed by atoms with Crippen molar-refractivity contribution in [3.63, 3.8) is 0 Å². The highest BCUT2D eigenvalue weighted by Gasteiger charge is 2.63. The molecule has 0 atom stereocenters. The predicted molar refractivity (Wildman–Crippen MR) is 57.8 cm³/mol. The first kappa shape index (κ1) is 12.9. The number of halogens is 1. The van der Waals surface area contributed by atoms with Gasteiger partial charge in [-0.15, -0.1) is 12.4 Å². The molecule has 0 aromatic carbocycles. The van der Waals surface area contributed by atoms with Crippen LogP contribution in [-0.2, 0) is 9.59 Å². The fraction of sp³-hybridized carbons (Fsp3) is 0.667. The van der Waals surface area contributed by atoms with Crippen LogP contribution in [0.2, 0.25) is 0 Å². The van der Waals surface area contributed by atoms with E-state index < -0.39 is 11.4 Å². The van der Waals surface area contributed by atoms with Gasteiger partial charge in [-0.3, -0.25) is 19.4 Å². The van der Waals surface area contributed by atoms with Gasteiger partial charge in [-0.05, 0) is 12.8 Å². The fourth-order valence-electron chi connectivity index (χ4n) is 1.90. The summed E-state index contributed by atoms with van der Waals surface area (Å²) >= 11 is 0. The number of nitrogens with zero attached hydrogens (tertiary/aromatic N) is 2. The average Bonchev–Trinajstić information content (AvgIpc) is 3.01. The molecule has 1 aliphatic carbocycles. The molecule has 4 amide bonds. The molecule has 0 aromatic heterocycles. The second kappa shape index (κ2) is 4.03. The second-order valence-corrected chi connectivity index (χ2v) is 3.97. The van der Waals surface area contributed by atoms with Gasteiger partial charge >= 0.3 is 6.03 Å². The lowest BCUT2D eigenvalue weighted by molar-refractivity contribution is -0.150. The first-order chi connectivity index (χ1) is 7.04. The van der Waals surface area contributed by atoms with Gasteiger partial charge in [-0.25, -0.2) is 4.79 Å². The van der Waals surface area contributed by atoms with Crippen molar-refractivity contribution in [2.75, 3.05) is 20.1 Å². The standard InChI is InChI=1S/C9H13N3O3.ClH/c1-11-6(13)9(2-3-9)7(14)12(5-4-10)8(11)15;/h2-5,10H2,1H3;1H. The highest BCUT2D eigenvalue weighted by molar-refractivity contribution is 6.20. The van der Waals surface area contributed by atoms with Gasteiger partial charge in [0, 0.05) is 20.1 Å². The molecule has 2 rings (SSSR count). The van der Waals surface area contributed by atoms with Gasteiger partial charge in [0.15, 0.2) is 0 Å². The van der Waals surface area contributed by atoms with E-state index in [4.69, 9.17) is 5.73 Å². The number of hydrogen-bond donors (Lipinski definition) is 1. The molecule has 0 unspecified atom stereocenters. The predicted octanol–water partition coefficient (Wildman–Crippen LogP) is -0.432. The number of nitrogens with two attached hydrogens (primary N) is 1. The van der Waals surface area contributed by atoms with E-state index in [1.807, 2.05) is 0 Å². The number of rotatable bonds is 2. The normalized spacial score (nSPS) is 22.5. The summed E-state index contributed by atoms with van der Waals surface area (Å²) in [5.74, 6) is -0.744. The minimum absolute atomic E-state index is 0. The molecule has 1 aliphatic heterocycles. The number of urea groups is 1. The summed E-state index contributed by atoms with van der Waals surface area (Å²) in [6.07, 6.45) is 1.09. The molecule has 2 fully saturated rings. The summed E-state index contributed by atoms with van der Waals surface area (Å²) in [4.78, 5) is 37.3. The van der Waals surface area contributed by atoms with Gasteiger partial charge < -0.3 is 5.73 Å². The Morgan fingerprint density at radius 2 is 1.81 bits per heavy atom. The molecular weight excluding hydrogens is 234 g/mol. The highest BCUT2D eigenvalue weighted by Crippen LogP contribution is 2.50. The van der Waals surface area contributed by atoms with Crippen LogP contribution in [0.3, 0.4) is 0 Å². The zero-order valence-electron chi connectivity index (χ0n) is 8.93. The van der Waals surface area contributed by atoms with Gasteiger partial charge in [-0.1, -0.05) is 0 Å². The van der Waals surface area contributed by atoms with Gasteiger partial charge in [-0.2, -0.15) is 0 Å². The Hall–Kier alpha value is -1.14. The van der Waals surface area contributed by atoms with Crippen molar-refractivity contribution < 1.29 is 14.4 Å². The SMILES string of the molecule is CN1C(=O)N(CCN)C(=O)C2(CC2)C1=O.Cl. The minimum Gasteiger partial charge on any atom is -0.329 e. The molecule has 1 spiro atoms. The van der Waals surface area contributed by atoms with Crippen molar-refractivity contribution in [1.82, 2.24) is 9.80 Å². The van der Waals surface area contributed by atoms with E-state index in [9.17, 15) is 14.4 Å². The van der Waals surface area contributed by atoms with Gasteiger partial charge in [0.1, 0.15) is 5.41 Å². The second-order valence-electron chi connectivity index (χ2n) is 3.97. The van der Waals surface area contributed by atoms with Crippen LogP contribution < -0.4 is 5.73 Å². The number of hydrogen-bond acceptors (Lipinski definition) is 4. The van der Waals surface area contributed by atoms with E-state index >= 15 is 0 Å². The third-order valence-corrected chi connectivity index (χ3v) is 2.99. The van der Waals surface area contributed by atoms with E-state index in [2.05, 4.69) is 0 Å². The Morgan fingerprint density at radius 3 is 2.25 bits per heavy atom. The molecule has 0 radical (unpaired) electrons. The molecule has 16 heavy (non-hydrogen) atoms. The number of carbonyl (C=O) groups excluding carboxylic acids is 3. The lowest BCUT2D eigenvalue weighted by atomic mass is 10.0. The van der Waals surface area contributed by atoms with E-state index in [1.54, 1.807) is 0 Å². The zero-order chi connectivity index (χ0) is 11.2. The van der Waals surface area contributed by atoms with Crippen LogP contribution >= 0.6 is 12.4 Å². The lowest BCUT2D eigenvalue weighted by Crippen LogP contribution is -2.60. The van der Waals surface area contributed by atoms with Crippen LogP contribution in [0.4, 0.5) is 4.79 Å². The van der Waals surface area contributed by atoms with Crippen LogP contribution in [0.25, 0.3) is 0 Å². The Morgan fingerprint density at radius 1 is 1.25 bits per heavy atom. The molecule has 1 heterocycles. The first-order valence-electron chi connectivity index (χ1n) is 4.89. The van der Waals surface area contributed by atoms with E-state index in [-0.39, 0.29) is 37.3 Å². The number of carbonyl (C=O) groups is 3. The Balaban J connectivity index is 0.00000128. The summed E-state index contributed by atoms with van der Waals surface area (Å²) in [5, 5.41) is 0. The van der Waals surface area contributed by atoms with Crippen molar-refractivity contribution >= 4 is 30.3 Å². The third kappa shape index (κ3) is 1.49. The largest absolute Gasteiger partial charge is 0.333 e. The van der Waals surface area contributed by atoms with Crippen molar-refractivity contribution in [3.05, 3.63) is 0 Å². The summed E-state index contributed by atoms with van der Waals surface area (Å²) in [5.41, 5.74) is 4.39. The lowest BCUT2D eigenvalue weighted by Gasteiger charge is -2.35.